The molecule has 3 rings (SSSR count). The summed E-state index contributed by atoms with van der Waals surface area (Å²) in [5.74, 6) is 0. The smallest absolute Gasteiger partial charge is 0.0711 e. The number of pyridine rings is 1. The van der Waals surface area contributed by atoms with Crippen molar-refractivity contribution in [3.05, 3.63) is 41.6 Å². The van der Waals surface area contributed by atoms with E-state index in [-0.39, 0.29) is 0 Å². The number of benzene rings is 1. The van der Waals surface area contributed by atoms with Gasteiger partial charge in [-0.15, -0.1) is 0 Å². The van der Waals surface area contributed by atoms with E-state index >= 15 is 0 Å². The molecular formula is C13H12N. The standard InChI is InChI=1S/C13H12N/c1-3-7-12-10(5-1)9-11-6-2-4-8-13(11)14-12/h1,3,5,7H,2,4,6,8H2. The average molecular weight is 182 g/mol. The van der Waals surface area contributed by atoms with E-state index in [9.17, 15) is 0 Å². The molecule has 0 saturated heterocycles. The maximum absolute atomic E-state index is 4.68. The van der Waals surface area contributed by atoms with Crippen LogP contribution in [-0.4, -0.2) is 4.98 Å². The maximum atomic E-state index is 4.68. The minimum Gasteiger partial charge on any atom is -0.253 e. The van der Waals surface area contributed by atoms with E-state index in [1.807, 2.05) is 6.07 Å². The highest BCUT2D eigenvalue weighted by Gasteiger charge is 2.11. The lowest BCUT2D eigenvalue weighted by Gasteiger charge is -2.14. The summed E-state index contributed by atoms with van der Waals surface area (Å²) >= 11 is 0. The molecule has 1 aromatic carbocycles. The number of aromatic nitrogens is 1. The van der Waals surface area contributed by atoms with Gasteiger partial charge in [0, 0.05) is 11.1 Å². The molecule has 1 radical (unpaired) electrons. The molecule has 0 N–H and O–H groups in total. The van der Waals surface area contributed by atoms with Crippen LogP contribution in [0.4, 0.5) is 0 Å². The average Bonchev–Trinajstić information content (AvgIpc) is 2.26. The summed E-state index contributed by atoms with van der Waals surface area (Å²) in [6, 6.07) is 11.7. The van der Waals surface area contributed by atoms with E-state index in [4.69, 9.17) is 0 Å². The number of aryl methyl sites for hydroxylation is 2. The Labute approximate surface area is 83.8 Å². The summed E-state index contributed by atoms with van der Waals surface area (Å²) in [5.41, 5.74) is 3.71. The van der Waals surface area contributed by atoms with Gasteiger partial charge in [0.05, 0.1) is 5.52 Å². The van der Waals surface area contributed by atoms with E-state index in [0.29, 0.717) is 0 Å². The van der Waals surface area contributed by atoms with Gasteiger partial charge in [0.25, 0.3) is 0 Å². The molecule has 0 atom stereocenters. The number of hydrogen-bond acceptors (Lipinski definition) is 1. The van der Waals surface area contributed by atoms with Gasteiger partial charge in [0.15, 0.2) is 0 Å². The zero-order valence-corrected chi connectivity index (χ0v) is 8.09. The third-order valence-corrected chi connectivity index (χ3v) is 2.88. The Hall–Kier alpha value is -1.37. The van der Waals surface area contributed by atoms with Crippen molar-refractivity contribution in [2.45, 2.75) is 25.7 Å². The second-order valence-electron chi connectivity index (χ2n) is 3.89. The van der Waals surface area contributed by atoms with Gasteiger partial charge in [-0.3, -0.25) is 4.98 Å². The predicted molar refractivity (Wildman–Crippen MR) is 57.2 cm³/mol. The molecule has 14 heavy (non-hydrogen) atoms. The Balaban J connectivity index is 2.27. The molecule has 0 bridgehead atoms. The molecule has 1 aromatic heterocycles. The largest absolute Gasteiger partial charge is 0.253 e. The Bertz CT molecular complexity index is 429. The van der Waals surface area contributed by atoms with Crippen LogP contribution in [0.2, 0.25) is 0 Å². The van der Waals surface area contributed by atoms with Crippen LogP contribution in [0.15, 0.2) is 24.3 Å². The topological polar surface area (TPSA) is 12.9 Å². The first kappa shape index (κ1) is 7.98. The van der Waals surface area contributed by atoms with Crippen molar-refractivity contribution in [2.75, 3.05) is 0 Å². The lowest BCUT2D eigenvalue weighted by molar-refractivity contribution is 0.670. The lowest BCUT2D eigenvalue weighted by atomic mass is 9.95. The second-order valence-corrected chi connectivity index (χ2v) is 3.89. The molecule has 0 unspecified atom stereocenters. The SMILES string of the molecule is [c]1c2c(nc3ccccc13)CCCC2. The van der Waals surface area contributed by atoms with Crippen molar-refractivity contribution in [2.24, 2.45) is 0 Å². The van der Waals surface area contributed by atoms with Crippen LogP contribution in [-0.2, 0) is 12.8 Å². The minimum absolute atomic E-state index is 1.09. The monoisotopic (exact) mass is 182 g/mol. The molecule has 1 aliphatic rings. The van der Waals surface area contributed by atoms with Crippen molar-refractivity contribution < 1.29 is 0 Å². The Morgan fingerprint density at radius 2 is 1.93 bits per heavy atom. The molecule has 0 saturated carbocycles. The van der Waals surface area contributed by atoms with Gasteiger partial charge in [-0.25, -0.2) is 0 Å². The van der Waals surface area contributed by atoms with Crippen LogP contribution < -0.4 is 0 Å². The van der Waals surface area contributed by atoms with Crippen molar-refractivity contribution in [3.8, 4) is 0 Å². The first-order valence-corrected chi connectivity index (χ1v) is 5.23. The summed E-state index contributed by atoms with van der Waals surface area (Å²) in [5, 5.41) is 1.16. The highest BCUT2D eigenvalue weighted by atomic mass is 14.7. The molecule has 1 aliphatic carbocycles. The van der Waals surface area contributed by atoms with Gasteiger partial charge in [0.2, 0.25) is 0 Å². The quantitative estimate of drug-likeness (QED) is 0.610. The highest BCUT2D eigenvalue weighted by Crippen LogP contribution is 2.22. The van der Waals surface area contributed by atoms with Gasteiger partial charge in [-0.05, 0) is 43.4 Å². The van der Waals surface area contributed by atoms with E-state index < -0.39 is 0 Å². The number of para-hydroxylation sites is 1. The van der Waals surface area contributed by atoms with Crippen molar-refractivity contribution in [1.82, 2.24) is 4.98 Å². The van der Waals surface area contributed by atoms with Gasteiger partial charge in [-0.1, -0.05) is 18.2 Å². The molecular weight excluding hydrogens is 170 g/mol. The zero-order chi connectivity index (χ0) is 9.38. The van der Waals surface area contributed by atoms with Crippen LogP contribution in [0.5, 0.6) is 0 Å². The normalized spacial score (nSPS) is 15.4. The summed E-state index contributed by atoms with van der Waals surface area (Å²) in [6.07, 6.45) is 4.87. The zero-order valence-electron chi connectivity index (χ0n) is 8.09. The molecule has 0 spiro atoms. The number of rotatable bonds is 0. The number of hydrogen-bond donors (Lipinski definition) is 0. The van der Waals surface area contributed by atoms with Crippen LogP contribution in [0, 0.1) is 6.07 Å². The molecule has 2 aromatic rings. The van der Waals surface area contributed by atoms with E-state index in [1.165, 1.54) is 24.1 Å². The molecule has 1 nitrogen and oxygen atoms in total. The molecule has 0 fully saturated rings. The fourth-order valence-corrected chi connectivity index (χ4v) is 2.13. The molecule has 0 aliphatic heterocycles. The fraction of sp³-hybridized carbons (Fsp3) is 0.308. The third kappa shape index (κ3) is 1.20. The number of fused-ring (bicyclic) bond motifs is 2. The molecule has 69 valence electrons. The first-order chi connectivity index (χ1) is 6.93. The number of nitrogens with zero attached hydrogens (tertiary/aromatic N) is 1. The van der Waals surface area contributed by atoms with Gasteiger partial charge >= 0.3 is 0 Å². The first-order valence-electron chi connectivity index (χ1n) is 5.23. The van der Waals surface area contributed by atoms with Crippen LogP contribution in [0.25, 0.3) is 10.9 Å². The molecule has 0 amide bonds. The fourth-order valence-electron chi connectivity index (χ4n) is 2.13. The lowest BCUT2D eigenvalue weighted by Crippen LogP contribution is -2.05. The van der Waals surface area contributed by atoms with Crippen LogP contribution in [0.1, 0.15) is 24.1 Å². The van der Waals surface area contributed by atoms with E-state index in [0.717, 1.165) is 23.7 Å². The van der Waals surface area contributed by atoms with Gasteiger partial charge in [0.1, 0.15) is 0 Å². The van der Waals surface area contributed by atoms with Crippen molar-refractivity contribution in [1.29, 1.82) is 0 Å². The minimum atomic E-state index is 1.09. The molecule has 1 heteroatoms. The Morgan fingerprint density at radius 3 is 2.93 bits per heavy atom. The summed E-state index contributed by atoms with van der Waals surface area (Å²) in [7, 11) is 0. The van der Waals surface area contributed by atoms with Gasteiger partial charge in [-0.2, -0.15) is 0 Å². The predicted octanol–water partition coefficient (Wildman–Crippen LogP) is 2.91. The van der Waals surface area contributed by atoms with E-state index in [2.05, 4.69) is 29.2 Å². The third-order valence-electron chi connectivity index (χ3n) is 2.88. The van der Waals surface area contributed by atoms with Crippen molar-refractivity contribution >= 4 is 10.9 Å². The van der Waals surface area contributed by atoms with Crippen molar-refractivity contribution in [3.63, 3.8) is 0 Å². The van der Waals surface area contributed by atoms with Gasteiger partial charge < -0.3 is 0 Å². The summed E-state index contributed by atoms with van der Waals surface area (Å²) in [6.45, 7) is 0. The van der Waals surface area contributed by atoms with E-state index in [1.54, 1.807) is 0 Å². The Morgan fingerprint density at radius 1 is 1.07 bits per heavy atom. The molecule has 1 heterocycles. The summed E-state index contributed by atoms with van der Waals surface area (Å²) in [4.78, 5) is 4.68. The van der Waals surface area contributed by atoms with Crippen LogP contribution in [0.3, 0.4) is 0 Å². The maximum Gasteiger partial charge on any atom is 0.0711 e. The van der Waals surface area contributed by atoms with Crippen LogP contribution >= 0.6 is 0 Å². The highest BCUT2D eigenvalue weighted by molar-refractivity contribution is 5.78. The summed E-state index contributed by atoms with van der Waals surface area (Å²) < 4.78 is 0. The Kier molecular flexibility index (Phi) is 1.76. The second kappa shape index (κ2) is 3.09.